The molecule has 0 atom stereocenters. The Labute approximate surface area is 146 Å². The Bertz CT molecular complexity index is 530. The summed E-state index contributed by atoms with van der Waals surface area (Å²) < 4.78 is 6.41. The molecule has 0 bridgehead atoms. The van der Waals surface area contributed by atoms with Crippen LogP contribution in [-0.2, 0) is 11.3 Å². The SMILES string of the molecule is CCNC(=NCC1(O)CCOCC1)N(C)Cc1ccccc1Br. The number of benzene rings is 1. The molecule has 0 radical (unpaired) electrons. The summed E-state index contributed by atoms with van der Waals surface area (Å²) in [6, 6.07) is 8.17. The number of aliphatic imine (C=N–C) groups is 1. The Kier molecular flexibility index (Phi) is 6.87. The van der Waals surface area contributed by atoms with E-state index < -0.39 is 5.60 Å². The van der Waals surface area contributed by atoms with Gasteiger partial charge in [-0.2, -0.15) is 0 Å². The second-order valence-electron chi connectivity index (χ2n) is 5.95. The minimum atomic E-state index is -0.743. The Morgan fingerprint density at radius 3 is 2.74 bits per heavy atom. The Morgan fingerprint density at radius 2 is 2.09 bits per heavy atom. The first-order valence-electron chi connectivity index (χ1n) is 8.07. The number of nitrogens with zero attached hydrogens (tertiary/aromatic N) is 2. The molecule has 2 N–H and O–H groups in total. The van der Waals surface area contributed by atoms with Gasteiger partial charge >= 0.3 is 0 Å². The Morgan fingerprint density at radius 1 is 1.39 bits per heavy atom. The summed E-state index contributed by atoms with van der Waals surface area (Å²) in [6.45, 7) is 5.20. The largest absolute Gasteiger partial charge is 0.388 e. The maximum Gasteiger partial charge on any atom is 0.194 e. The highest BCUT2D eigenvalue weighted by Crippen LogP contribution is 2.21. The normalized spacial score (nSPS) is 17.8. The molecule has 0 aromatic heterocycles. The summed E-state index contributed by atoms with van der Waals surface area (Å²) >= 11 is 3.58. The first-order valence-corrected chi connectivity index (χ1v) is 8.86. The number of hydrogen-bond acceptors (Lipinski definition) is 3. The molecule has 1 aliphatic heterocycles. The number of hydrogen-bond donors (Lipinski definition) is 2. The van der Waals surface area contributed by atoms with Gasteiger partial charge in [0.2, 0.25) is 0 Å². The summed E-state index contributed by atoms with van der Waals surface area (Å²) in [5.74, 6) is 0.808. The molecular formula is C17H26BrN3O2. The zero-order valence-corrected chi connectivity index (χ0v) is 15.5. The van der Waals surface area contributed by atoms with E-state index >= 15 is 0 Å². The van der Waals surface area contributed by atoms with Crippen molar-refractivity contribution in [1.82, 2.24) is 10.2 Å². The molecule has 5 nitrogen and oxygen atoms in total. The van der Waals surface area contributed by atoms with Crippen LogP contribution in [0, 0.1) is 0 Å². The molecular weight excluding hydrogens is 358 g/mol. The monoisotopic (exact) mass is 383 g/mol. The van der Waals surface area contributed by atoms with E-state index in [0.717, 1.165) is 23.5 Å². The lowest BCUT2D eigenvalue weighted by molar-refractivity contribution is -0.0566. The zero-order valence-electron chi connectivity index (χ0n) is 13.9. The topological polar surface area (TPSA) is 57.1 Å². The minimum absolute atomic E-state index is 0.402. The van der Waals surface area contributed by atoms with E-state index in [1.54, 1.807) is 0 Å². The number of halogens is 1. The summed E-state index contributed by atoms with van der Waals surface area (Å²) in [6.07, 6.45) is 1.29. The summed E-state index contributed by atoms with van der Waals surface area (Å²) in [5, 5.41) is 13.9. The third-order valence-electron chi connectivity index (χ3n) is 4.01. The van der Waals surface area contributed by atoms with Gasteiger partial charge in [0.1, 0.15) is 0 Å². The molecule has 0 aliphatic carbocycles. The Balaban J connectivity index is 2.04. The van der Waals surface area contributed by atoms with E-state index in [9.17, 15) is 5.11 Å². The van der Waals surface area contributed by atoms with Gasteiger partial charge in [-0.05, 0) is 18.6 Å². The van der Waals surface area contributed by atoms with Crippen LogP contribution in [0.2, 0.25) is 0 Å². The van der Waals surface area contributed by atoms with Gasteiger partial charge in [-0.1, -0.05) is 34.1 Å². The molecule has 0 unspecified atom stereocenters. The van der Waals surface area contributed by atoms with E-state index in [4.69, 9.17) is 4.74 Å². The van der Waals surface area contributed by atoms with Gasteiger partial charge in [-0.25, -0.2) is 0 Å². The highest BCUT2D eigenvalue weighted by molar-refractivity contribution is 9.10. The van der Waals surface area contributed by atoms with Crippen molar-refractivity contribution in [1.29, 1.82) is 0 Å². The zero-order chi connectivity index (χ0) is 16.7. The van der Waals surface area contributed by atoms with Gasteiger partial charge in [0.15, 0.2) is 5.96 Å². The van der Waals surface area contributed by atoms with Crippen molar-refractivity contribution in [3.63, 3.8) is 0 Å². The first kappa shape index (κ1) is 18.2. The fourth-order valence-electron chi connectivity index (χ4n) is 2.56. The van der Waals surface area contributed by atoms with Crippen molar-refractivity contribution in [3.8, 4) is 0 Å². The van der Waals surface area contributed by atoms with E-state index in [0.29, 0.717) is 32.6 Å². The van der Waals surface area contributed by atoms with Gasteiger partial charge in [0.25, 0.3) is 0 Å². The molecule has 0 amide bonds. The van der Waals surface area contributed by atoms with Crippen molar-refractivity contribution in [2.75, 3.05) is 33.4 Å². The minimum Gasteiger partial charge on any atom is -0.388 e. The number of rotatable bonds is 5. The van der Waals surface area contributed by atoms with Gasteiger partial charge in [0.05, 0.1) is 12.1 Å². The number of ether oxygens (including phenoxy) is 1. The van der Waals surface area contributed by atoms with Crippen molar-refractivity contribution in [2.24, 2.45) is 4.99 Å². The van der Waals surface area contributed by atoms with Crippen LogP contribution in [0.25, 0.3) is 0 Å². The molecule has 1 aromatic carbocycles. The van der Waals surface area contributed by atoms with Crippen LogP contribution in [0.5, 0.6) is 0 Å². The molecule has 23 heavy (non-hydrogen) atoms. The second-order valence-corrected chi connectivity index (χ2v) is 6.81. The molecule has 0 spiro atoms. The van der Waals surface area contributed by atoms with Crippen LogP contribution < -0.4 is 5.32 Å². The number of guanidine groups is 1. The maximum absolute atomic E-state index is 10.6. The molecule has 1 saturated heterocycles. The van der Waals surface area contributed by atoms with Crippen molar-refractivity contribution >= 4 is 21.9 Å². The quantitative estimate of drug-likeness (QED) is 0.605. The van der Waals surface area contributed by atoms with E-state index in [1.165, 1.54) is 5.56 Å². The molecule has 1 fully saturated rings. The third-order valence-corrected chi connectivity index (χ3v) is 4.78. The van der Waals surface area contributed by atoms with Gasteiger partial charge in [-0.3, -0.25) is 4.99 Å². The number of aliphatic hydroxyl groups is 1. The lowest BCUT2D eigenvalue weighted by atomic mass is 9.95. The maximum atomic E-state index is 10.6. The summed E-state index contributed by atoms with van der Waals surface area (Å²) in [4.78, 5) is 6.72. The second kappa shape index (κ2) is 8.66. The first-order chi connectivity index (χ1) is 11.0. The van der Waals surface area contributed by atoms with E-state index in [-0.39, 0.29) is 0 Å². The highest BCUT2D eigenvalue weighted by atomic mass is 79.9. The predicted octanol–water partition coefficient (Wildman–Crippen LogP) is 2.39. The van der Waals surface area contributed by atoms with Crippen molar-refractivity contribution in [2.45, 2.75) is 31.9 Å². The fraction of sp³-hybridized carbons (Fsp3) is 0.588. The van der Waals surface area contributed by atoms with Gasteiger partial charge in [-0.15, -0.1) is 0 Å². The predicted molar refractivity (Wildman–Crippen MR) is 96.6 cm³/mol. The smallest absolute Gasteiger partial charge is 0.194 e. The lowest BCUT2D eigenvalue weighted by Crippen LogP contribution is -2.43. The standard InChI is InChI=1S/C17H26BrN3O2/c1-3-19-16(20-13-17(22)8-10-23-11-9-17)21(2)12-14-6-4-5-7-15(14)18/h4-7,22H,3,8-13H2,1-2H3,(H,19,20). The molecule has 1 aromatic rings. The van der Waals surface area contributed by atoms with Gasteiger partial charge < -0.3 is 20.1 Å². The van der Waals surface area contributed by atoms with Crippen LogP contribution in [-0.4, -0.2) is 54.9 Å². The molecule has 6 heteroatoms. The van der Waals surface area contributed by atoms with Crippen LogP contribution in [0.3, 0.4) is 0 Å². The summed E-state index contributed by atoms with van der Waals surface area (Å²) in [7, 11) is 2.01. The average Bonchev–Trinajstić information content (AvgIpc) is 2.54. The molecule has 1 aliphatic rings. The summed E-state index contributed by atoms with van der Waals surface area (Å²) in [5.41, 5.74) is 0.456. The van der Waals surface area contributed by atoms with Gasteiger partial charge in [0, 0.05) is 50.7 Å². The number of nitrogens with one attached hydrogen (secondary N) is 1. The Hall–Kier alpha value is -1.11. The third kappa shape index (κ3) is 5.48. The molecule has 1 heterocycles. The van der Waals surface area contributed by atoms with Crippen molar-refractivity contribution in [3.05, 3.63) is 34.3 Å². The molecule has 2 rings (SSSR count). The fourth-order valence-corrected chi connectivity index (χ4v) is 2.97. The lowest BCUT2D eigenvalue weighted by Gasteiger charge is -2.31. The van der Waals surface area contributed by atoms with Crippen molar-refractivity contribution < 1.29 is 9.84 Å². The highest BCUT2D eigenvalue weighted by Gasteiger charge is 2.29. The van der Waals surface area contributed by atoms with Crippen LogP contribution in [0.4, 0.5) is 0 Å². The van der Waals surface area contributed by atoms with Crippen LogP contribution >= 0.6 is 15.9 Å². The van der Waals surface area contributed by atoms with E-state index in [1.807, 2.05) is 32.2 Å². The molecule has 128 valence electrons. The molecule has 0 saturated carbocycles. The van der Waals surface area contributed by atoms with Crippen LogP contribution in [0.1, 0.15) is 25.3 Å². The van der Waals surface area contributed by atoms with Crippen LogP contribution in [0.15, 0.2) is 33.7 Å². The average molecular weight is 384 g/mol. The van der Waals surface area contributed by atoms with E-state index in [2.05, 4.69) is 37.2 Å².